The third-order valence-corrected chi connectivity index (χ3v) is 3.88. The molecule has 0 bridgehead atoms. The Hall–Kier alpha value is -0.820. The van der Waals surface area contributed by atoms with E-state index in [9.17, 15) is 13.5 Å². The normalized spacial score (nSPS) is 12.2. The molecule has 132 valence electrons. The third-order valence-electron chi connectivity index (χ3n) is 3.04. The van der Waals surface area contributed by atoms with Crippen molar-refractivity contribution < 1.29 is 18.1 Å². The maximum atomic E-state index is 9.55. The van der Waals surface area contributed by atoms with Crippen LogP contribution in [-0.2, 0) is 16.5 Å². The SMILES string of the molecule is CS(=O)(=O)O.OCC(Cc1ccc(Cl)cc1Cl)c1ccc(Cl)cc1. The molecular formula is C16H17Cl3O4S. The standard InChI is InChI=1S/C15H13Cl3O.CH4O3S/c16-13-4-1-10(2-5-13)12(9-19)7-11-3-6-14(17)8-15(11)18;1-5(2,3)4/h1-6,8,12,19H,7,9H2;1H3,(H,2,3,4). The smallest absolute Gasteiger partial charge is 0.261 e. The molecule has 2 aromatic rings. The van der Waals surface area contributed by atoms with Gasteiger partial charge in [0.1, 0.15) is 0 Å². The summed E-state index contributed by atoms with van der Waals surface area (Å²) in [6, 6.07) is 12.9. The van der Waals surface area contributed by atoms with Gasteiger partial charge >= 0.3 is 0 Å². The van der Waals surface area contributed by atoms with Crippen LogP contribution < -0.4 is 0 Å². The molecule has 0 aliphatic carbocycles. The fraction of sp³-hybridized carbons (Fsp3) is 0.250. The molecule has 0 aliphatic rings. The summed E-state index contributed by atoms with van der Waals surface area (Å²) < 4.78 is 25.9. The average molecular weight is 412 g/mol. The second-order valence-electron chi connectivity index (χ2n) is 5.10. The van der Waals surface area contributed by atoms with Gasteiger partial charge in [-0.2, -0.15) is 8.42 Å². The number of hydrogen-bond donors (Lipinski definition) is 2. The Balaban J connectivity index is 0.000000505. The number of rotatable bonds is 4. The van der Waals surface area contributed by atoms with E-state index in [4.69, 9.17) is 39.4 Å². The largest absolute Gasteiger partial charge is 0.396 e. The van der Waals surface area contributed by atoms with Crippen molar-refractivity contribution in [2.24, 2.45) is 0 Å². The molecular weight excluding hydrogens is 395 g/mol. The molecule has 2 aromatic carbocycles. The lowest BCUT2D eigenvalue weighted by Gasteiger charge is -2.16. The summed E-state index contributed by atoms with van der Waals surface area (Å²) in [6.45, 7) is 0.0561. The predicted molar refractivity (Wildman–Crippen MR) is 98.9 cm³/mol. The lowest BCUT2D eigenvalue weighted by molar-refractivity contribution is 0.264. The average Bonchev–Trinajstić information content (AvgIpc) is 2.46. The summed E-state index contributed by atoms with van der Waals surface area (Å²) in [6.07, 6.45) is 1.38. The lowest BCUT2D eigenvalue weighted by atomic mass is 9.93. The Bertz CT molecular complexity index is 753. The van der Waals surface area contributed by atoms with E-state index in [2.05, 4.69) is 0 Å². The first-order chi connectivity index (χ1) is 11.1. The van der Waals surface area contributed by atoms with E-state index in [0.717, 1.165) is 11.1 Å². The van der Waals surface area contributed by atoms with Gasteiger partial charge in [0.25, 0.3) is 10.1 Å². The van der Waals surface area contributed by atoms with Crippen molar-refractivity contribution in [1.82, 2.24) is 0 Å². The summed E-state index contributed by atoms with van der Waals surface area (Å²) in [7, 11) is -3.67. The highest BCUT2D eigenvalue weighted by Gasteiger charge is 2.13. The minimum atomic E-state index is -3.67. The fourth-order valence-corrected chi connectivity index (χ4v) is 2.59. The third kappa shape index (κ3) is 8.33. The molecule has 0 spiro atoms. The van der Waals surface area contributed by atoms with Gasteiger partial charge in [-0.15, -0.1) is 0 Å². The first kappa shape index (κ1) is 21.2. The van der Waals surface area contributed by atoms with Gasteiger partial charge in [-0.3, -0.25) is 4.55 Å². The molecule has 1 atom stereocenters. The molecule has 0 fully saturated rings. The van der Waals surface area contributed by atoms with Crippen molar-refractivity contribution in [1.29, 1.82) is 0 Å². The van der Waals surface area contributed by atoms with Gasteiger partial charge in [-0.1, -0.05) is 53.0 Å². The topological polar surface area (TPSA) is 74.6 Å². The van der Waals surface area contributed by atoms with E-state index in [1.54, 1.807) is 12.1 Å². The summed E-state index contributed by atoms with van der Waals surface area (Å²) in [5, 5.41) is 11.5. The van der Waals surface area contributed by atoms with Crippen LogP contribution >= 0.6 is 34.8 Å². The van der Waals surface area contributed by atoms with E-state index in [1.807, 2.05) is 30.3 Å². The Morgan fingerprint density at radius 1 is 1.00 bits per heavy atom. The number of aliphatic hydroxyl groups is 1. The van der Waals surface area contributed by atoms with Crippen molar-refractivity contribution in [3.05, 3.63) is 68.7 Å². The molecule has 0 saturated heterocycles. The van der Waals surface area contributed by atoms with Gasteiger partial charge in [0.15, 0.2) is 0 Å². The van der Waals surface area contributed by atoms with Crippen LogP contribution in [0.25, 0.3) is 0 Å². The van der Waals surface area contributed by atoms with Crippen LogP contribution in [-0.4, -0.2) is 30.9 Å². The van der Waals surface area contributed by atoms with E-state index in [0.29, 0.717) is 27.7 Å². The maximum Gasteiger partial charge on any atom is 0.261 e. The van der Waals surface area contributed by atoms with Crippen LogP contribution in [0.15, 0.2) is 42.5 Å². The molecule has 0 heterocycles. The summed E-state index contributed by atoms with van der Waals surface area (Å²) in [5.41, 5.74) is 2.01. The molecule has 0 aromatic heterocycles. The van der Waals surface area contributed by atoms with E-state index >= 15 is 0 Å². The highest BCUT2D eigenvalue weighted by molar-refractivity contribution is 7.85. The van der Waals surface area contributed by atoms with Gasteiger partial charge in [0.05, 0.1) is 12.9 Å². The number of halogens is 3. The fourth-order valence-electron chi connectivity index (χ4n) is 1.98. The predicted octanol–water partition coefficient (Wildman–Crippen LogP) is 4.47. The molecule has 1 unspecified atom stereocenters. The summed E-state index contributed by atoms with van der Waals surface area (Å²) in [5.74, 6) is -0.00376. The quantitative estimate of drug-likeness (QED) is 0.728. The van der Waals surface area contributed by atoms with Crippen molar-refractivity contribution in [3.63, 3.8) is 0 Å². The van der Waals surface area contributed by atoms with Gasteiger partial charge < -0.3 is 5.11 Å². The molecule has 0 radical (unpaired) electrons. The Morgan fingerprint density at radius 3 is 1.96 bits per heavy atom. The van der Waals surface area contributed by atoms with Gasteiger partial charge in [-0.05, 0) is 41.8 Å². The van der Waals surface area contributed by atoms with Gasteiger partial charge in [-0.25, -0.2) is 0 Å². The highest BCUT2D eigenvalue weighted by atomic mass is 35.5. The minimum absolute atomic E-state index is 0.00376. The minimum Gasteiger partial charge on any atom is -0.396 e. The zero-order valence-corrected chi connectivity index (χ0v) is 15.9. The monoisotopic (exact) mass is 410 g/mol. The first-order valence-corrected chi connectivity index (χ1v) is 9.81. The van der Waals surface area contributed by atoms with Crippen molar-refractivity contribution in [3.8, 4) is 0 Å². The zero-order valence-electron chi connectivity index (χ0n) is 12.8. The Labute approximate surface area is 156 Å². The van der Waals surface area contributed by atoms with Crippen molar-refractivity contribution >= 4 is 44.9 Å². The van der Waals surface area contributed by atoms with Crippen LogP contribution in [0.5, 0.6) is 0 Å². The molecule has 0 amide bonds. The molecule has 0 aliphatic heterocycles. The molecule has 4 nitrogen and oxygen atoms in total. The second-order valence-corrected chi connectivity index (χ2v) is 7.85. The Morgan fingerprint density at radius 2 is 1.50 bits per heavy atom. The van der Waals surface area contributed by atoms with Crippen LogP contribution in [0, 0.1) is 0 Å². The van der Waals surface area contributed by atoms with E-state index in [-0.39, 0.29) is 12.5 Å². The molecule has 2 N–H and O–H groups in total. The summed E-state index contributed by atoms with van der Waals surface area (Å²) in [4.78, 5) is 0. The van der Waals surface area contributed by atoms with Crippen LogP contribution in [0.1, 0.15) is 17.0 Å². The molecule has 24 heavy (non-hydrogen) atoms. The van der Waals surface area contributed by atoms with Crippen LogP contribution in [0.3, 0.4) is 0 Å². The second kappa shape index (κ2) is 9.61. The number of hydrogen-bond acceptors (Lipinski definition) is 3. The van der Waals surface area contributed by atoms with E-state index in [1.165, 1.54) is 0 Å². The number of benzene rings is 2. The highest BCUT2D eigenvalue weighted by Crippen LogP contribution is 2.27. The molecule has 2 rings (SSSR count). The van der Waals surface area contributed by atoms with E-state index < -0.39 is 10.1 Å². The number of aliphatic hydroxyl groups excluding tert-OH is 1. The molecule has 0 saturated carbocycles. The summed E-state index contributed by atoms with van der Waals surface area (Å²) >= 11 is 17.9. The van der Waals surface area contributed by atoms with Gasteiger partial charge in [0.2, 0.25) is 0 Å². The Kier molecular flexibility index (Phi) is 8.50. The van der Waals surface area contributed by atoms with Crippen LogP contribution in [0.4, 0.5) is 0 Å². The maximum absolute atomic E-state index is 9.55. The zero-order chi connectivity index (χ0) is 18.3. The van der Waals surface area contributed by atoms with Crippen molar-refractivity contribution in [2.75, 3.05) is 12.9 Å². The lowest BCUT2D eigenvalue weighted by Crippen LogP contribution is -2.08. The molecule has 8 heteroatoms. The van der Waals surface area contributed by atoms with Crippen LogP contribution in [0.2, 0.25) is 15.1 Å². The first-order valence-electron chi connectivity index (χ1n) is 6.83. The van der Waals surface area contributed by atoms with Crippen molar-refractivity contribution in [2.45, 2.75) is 12.3 Å². The van der Waals surface area contributed by atoms with Gasteiger partial charge in [0, 0.05) is 21.0 Å².